The highest BCUT2D eigenvalue weighted by molar-refractivity contribution is 14.1. The first kappa shape index (κ1) is 13.6. The van der Waals surface area contributed by atoms with Crippen LogP contribution in [0.2, 0.25) is 5.02 Å². The maximum Gasteiger partial charge on any atom is 0.283 e. The van der Waals surface area contributed by atoms with E-state index >= 15 is 0 Å². The Balaban J connectivity index is 2.27. The topological polar surface area (TPSA) is 43.1 Å². The first-order valence-electron chi connectivity index (χ1n) is 4.93. The molecule has 0 atom stereocenters. The largest absolute Gasteiger partial charge is 0.283 e. The summed E-state index contributed by atoms with van der Waals surface area (Å²) in [7, 11) is 0. The summed E-state index contributed by atoms with van der Waals surface area (Å²) in [5.41, 5.74) is 0.134. The van der Waals surface area contributed by atoms with E-state index in [1.165, 1.54) is 11.8 Å². The molecule has 3 nitrogen and oxygen atoms in total. The van der Waals surface area contributed by atoms with Crippen LogP contribution in [0.4, 0.5) is 5.69 Å². The third-order valence-electron chi connectivity index (χ3n) is 2.16. The van der Waals surface area contributed by atoms with Gasteiger partial charge in [-0.1, -0.05) is 23.4 Å². The molecule has 6 heteroatoms. The standard InChI is InChI=1S/C12H7ClINO2S/c13-8-1-3-9(4-2-8)18-10-5-6-11(14)12(7-10)15(16)17/h1-7H. The minimum atomic E-state index is -0.367. The molecule has 0 aliphatic carbocycles. The Kier molecular flexibility index (Phi) is 4.47. The van der Waals surface area contributed by atoms with Crippen molar-refractivity contribution in [3.8, 4) is 0 Å². The molecule has 0 saturated carbocycles. The first-order valence-corrected chi connectivity index (χ1v) is 7.21. The summed E-state index contributed by atoms with van der Waals surface area (Å²) in [6.07, 6.45) is 0. The van der Waals surface area contributed by atoms with Gasteiger partial charge in [-0.3, -0.25) is 10.1 Å². The van der Waals surface area contributed by atoms with E-state index in [1.54, 1.807) is 24.3 Å². The normalized spacial score (nSPS) is 10.3. The number of nitrogens with zero attached hydrogens (tertiary/aromatic N) is 1. The summed E-state index contributed by atoms with van der Waals surface area (Å²) >= 11 is 9.23. The quantitative estimate of drug-likeness (QED) is 0.420. The Bertz CT molecular complexity index is 589. The number of benzene rings is 2. The van der Waals surface area contributed by atoms with Crippen LogP contribution in [-0.2, 0) is 0 Å². The SMILES string of the molecule is O=[N+]([O-])c1cc(Sc2ccc(Cl)cc2)ccc1I. The van der Waals surface area contributed by atoms with Crippen LogP contribution in [0, 0.1) is 13.7 Å². The third-order valence-corrected chi connectivity index (χ3v) is 4.33. The number of rotatable bonds is 3. The predicted octanol–water partition coefficient (Wildman–Crippen LogP) is 5.00. The number of nitro benzene ring substituents is 1. The van der Waals surface area contributed by atoms with Crippen LogP contribution in [0.15, 0.2) is 52.3 Å². The molecule has 2 aromatic rings. The van der Waals surface area contributed by atoms with Gasteiger partial charge >= 0.3 is 0 Å². The molecule has 18 heavy (non-hydrogen) atoms. The van der Waals surface area contributed by atoms with Gasteiger partial charge in [-0.05, 0) is 59.0 Å². The van der Waals surface area contributed by atoms with Gasteiger partial charge < -0.3 is 0 Å². The molecule has 0 heterocycles. The molecule has 0 saturated heterocycles. The fourth-order valence-corrected chi connectivity index (χ4v) is 2.84. The van der Waals surface area contributed by atoms with Gasteiger partial charge in [0.15, 0.2) is 0 Å². The van der Waals surface area contributed by atoms with Crippen LogP contribution in [0.25, 0.3) is 0 Å². The molecule has 92 valence electrons. The van der Waals surface area contributed by atoms with Crippen LogP contribution in [0.5, 0.6) is 0 Å². The Labute approximate surface area is 127 Å². The molecular formula is C12H7ClINO2S. The van der Waals surface area contributed by atoms with E-state index in [-0.39, 0.29) is 10.6 Å². The highest BCUT2D eigenvalue weighted by Gasteiger charge is 2.12. The molecule has 0 unspecified atom stereocenters. The van der Waals surface area contributed by atoms with Gasteiger partial charge in [-0.15, -0.1) is 0 Å². The summed E-state index contributed by atoms with van der Waals surface area (Å²) in [6.45, 7) is 0. The Hall–Kier alpha value is -0.790. The first-order chi connectivity index (χ1) is 8.56. The lowest BCUT2D eigenvalue weighted by molar-refractivity contribution is -0.386. The summed E-state index contributed by atoms with van der Waals surface area (Å²) < 4.78 is 0.637. The van der Waals surface area contributed by atoms with Gasteiger partial charge in [0.25, 0.3) is 5.69 Å². The van der Waals surface area contributed by atoms with Gasteiger partial charge in [0.1, 0.15) is 0 Å². The van der Waals surface area contributed by atoms with Crippen molar-refractivity contribution in [3.63, 3.8) is 0 Å². The zero-order valence-corrected chi connectivity index (χ0v) is 12.7. The van der Waals surface area contributed by atoms with Gasteiger partial charge in [-0.25, -0.2) is 0 Å². The number of halogens is 2. The molecule has 0 aliphatic rings. The number of hydrogen-bond donors (Lipinski definition) is 0. The van der Waals surface area contributed by atoms with E-state index in [1.807, 2.05) is 40.8 Å². The van der Waals surface area contributed by atoms with Crippen molar-refractivity contribution in [2.45, 2.75) is 9.79 Å². The highest BCUT2D eigenvalue weighted by atomic mass is 127. The molecule has 0 N–H and O–H groups in total. The van der Waals surface area contributed by atoms with Crippen molar-refractivity contribution in [1.29, 1.82) is 0 Å². The van der Waals surface area contributed by atoms with Crippen molar-refractivity contribution < 1.29 is 4.92 Å². The predicted molar refractivity (Wildman–Crippen MR) is 81.4 cm³/mol. The number of hydrogen-bond acceptors (Lipinski definition) is 3. The Morgan fingerprint density at radius 1 is 1.11 bits per heavy atom. The average molecular weight is 392 g/mol. The number of nitro groups is 1. The molecule has 0 bridgehead atoms. The lowest BCUT2D eigenvalue weighted by atomic mass is 10.3. The second-order valence-corrected chi connectivity index (χ2v) is 6.17. The maximum atomic E-state index is 10.8. The molecule has 0 radical (unpaired) electrons. The summed E-state index contributed by atoms with van der Waals surface area (Å²) in [5, 5.41) is 11.5. The molecule has 0 aliphatic heterocycles. The fraction of sp³-hybridized carbons (Fsp3) is 0. The molecule has 0 fully saturated rings. The highest BCUT2D eigenvalue weighted by Crippen LogP contribution is 2.32. The van der Waals surface area contributed by atoms with Crippen molar-refractivity contribution in [1.82, 2.24) is 0 Å². The second-order valence-electron chi connectivity index (χ2n) is 3.43. The van der Waals surface area contributed by atoms with E-state index in [9.17, 15) is 10.1 Å². The molecule has 0 aromatic heterocycles. The van der Waals surface area contributed by atoms with Gasteiger partial charge in [-0.2, -0.15) is 0 Å². The van der Waals surface area contributed by atoms with Crippen molar-refractivity contribution in [2.24, 2.45) is 0 Å². The van der Waals surface area contributed by atoms with Gasteiger partial charge in [0.05, 0.1) is 8.49 Å². The maximum absolute atomic E-state index is 10.8. The monoisotopic (exact) mass is 391 g/mol. The minimum Gasteiger partial charge on any atom is -0.258 e. The van der Waals surface area contributed by atoms with Crippen LogP contribution in [0.3, 0.4) is 0 Å². The van der Waals surface area contributed by atoms with Crippen LogP contribution >= 0.6 is 46.0 Å². The van der Waals surface area contributed by atoms with Crippen LogP contribution in [-0.4, -0.2) is 4.92 Å². The molecule has 0 amide bonds. The lowest BCUT2D eigenvalue weighted by Gasteiger charge is -2.03. The van der Waals surface area contributed by atoms with E-state index < -0.39 is 0 Å². The molecular weight excluding hydrogens is 385 g/mol. The summed E-state index contributed by atoms with van der Waals surface area (Å²) in [5.74, 6) is 0. The average Bonchev–Trinajstić information content (AvgIpc) is 2.34. The molecule has 2 aromatic carbocycles. The smallest absolute Gasteiger partial charge is 0.258 e. The van der Waals surface area contributed by atoms with Crippen LogP contribution < -0.4 is 0 Å². The minimum absolute atomic E-state index is 0.134. The molecule has 0 spiro atoms. The van der Waals surface area contributed by atoms with Crippen LogP contribution in [0.1, 0.15) is 0 Å². The zero-order valence-electron chi connectivity index (χ0n) is 8.97. The fourth-order valence-electron chi connectivity index (χ4n) is 1.33. The summed E-state index contributed by atoms with van der Waals surface area (Å²) in [4.78, 5) is 12.3. The van der Waals surface area contributed by atoms with E-state index in [0.717, 1.165) is 9.79 Å². The van der Waals surface area contributed by atoms with E-state index in [2.05, 4.69) is 0 Å². The third kappa shape index (κ3) is 3.37. The van der Waals surface area contributed by atoms with Crippen molar-refractivity contribution in [2.75, 3.05) is 0 Å². The second kappa shape index (κ2) is 5.90. The Morgan fingerprint density at radius 2 is 1.72 bits per heavy atom. The van der Waals surface area contributed by atoms with Crippen molar-refractivity contribution >= 4 is 51.6 Å². The van der Waals surface area contributed by atoms with Gasteiger partial charge in [0.2, 0.25) is 0 Å². The Morgan fingerprint density at radius 3 is 2.33 bits per heavy atom. The van der Waals surface area contributed by atoms with E-state index in [0.29, 0.717) is 8.59 Å². The lowest BCUT2D eigenvalue weighted by Crippen LogP contribution is -1.91. The van der Waals surface area contributed by atoms with Gasteiger partial charge in [0, 0.05) is 20.9 Å². The molecule has 2 rings (SSSR count). The van der Waals surface area contributed by atoms with E-state index in [4.69, 9.17) is 11.6 Å². The van der Waals surface area contributed by atoms with Crippen molar-refractivity contribution in [3.05, 3.63) is 61.2 Å². The summed E-state index contributed by atoms with van der Waals surface area (Å²) in [6, 6.07) is 12.6. The zero-order chi connectivity index (χ0) is 13.1.